The Kier molecular flexibility index (Phi) is 8.59. The lowest BCUT2D eigenvalue weighted by Gasteiger charge is -2.16. The smallest absolute Gasteiger partial charge is 0.436 e. The molecule has 0 aliphatic rings. The van der Waals surface area contributed by atoms with Crippen molar-refractivity contribution in [2.75, 3.05) is 24.9 Å². The minimum atomic E-state index is -4.38. The molecule has 2 aromatic rings. The van der Waals surface area contributed by atoms with Crippen LogP contribution in [0.25, 0.3) is 0 Å². The first-order chi connectivity index (χ1) is 15.5. The SMILES string of the molecule is COC(=O)N=C(NC(=O)OC)Nc1ccc(NC(C)=O)cc1OS(=O)(=O)c1cccc(Cl)c1. The Balaban J connectivity index is 2.50. The van der Waals surface area contributed by atoms with E-state index in [-0.39, 0.29) is 27.0 Å². The summed E-state index contributed by atoms with van der Waals surface area (Å²) >= 11 is 5.87. The highest BCUT2D eigenvalue weighted by Gasteiger charge is 2.21. The van der Waals surface area contributed by atoms with Crippen molar-refractivity contribution in [2.24, 2.45) is 4.99 Å². The zero-order valence-corrected chi connectivity index (χ0v) is 19.1. The number of carbonyl (C=O) groups excluding carboxylic acids is 3. The Labute approximate surface area is 194 Å². The van der Waals surface area contributed by atoms with Gasteiger partial charge in [0.15, 0.2) is 5.75 Å². The highest BCUT2D eigenvalue weighted by Crippen LogP contribution is 2.31. The molecule has 0 unspecified atom stereocenters. The van der Waals surface area contributed by atoms with Crippen molar-refractivity contribution < 1.29 is 36.5 Å². The minimum Gasteiger partial charge on any atom is -0.453 e. The van der Waals surface area contributed by atoms with Crippen LogP contribution in [0.3, 0.4) is 0 Å². The van der Waals surface area contributed by atoms with Crippen LogP contribution in [0, 0.1) is 0 Å². The van der Waals surface area contributed by atoms with E-state index in [1.54, 1.807) is 0 Å². The highest BCUT2D eigenvalue weighted by atomic mass is 35.5. The maximum absolute atomic E-state index is 12.8. The summed E-state index contributed by atoms with van der Waals surface area (Å²) < 4.78 is 39.7. The molecule has 33 heavy (non-hydrogen) atoms. The van der Waals surface area contributed by atoms with E-state index in [4.69, 9.17) is 15.8 Å². The molecule has 12 nitrogen and oxygen atoms in total. The molecule has 0 fully saturated rings. The Morgan fingerprint density at radius 1 is 1.00 bits per heavy atom. The number of nitrogens with zero attached hydrogens (tertiary/aromatic N) is 1. The fourth-order valence-corrected chi connectivity index (χ4v) is 3.51. The fraction of sp³-hybridized carbons (Fsp3) is 0.158. The van der Waals surface area contributed by atoms with Crippen molar-refractivity contribution in [3.63, 3.8) is 0 Å². The molecule has 0 atom stereocenters. The van der Waals surface area contributed by atoms with E-state index in [0.29, 0.717) is 0 Å². The number of halogens is 1. The normalized spacial score (nSPS) is 11.2. The molecule has 0 bridgehead atoms. The number of alkyl carbamates (subject to hydrolysis) is 1. The standard InChI is InChI=1S/C19H19ClN4O8S/c1-11(25)21-13-7-8-15(22-17(23-18(26)30-2)24-19(27)31-3)16(10-13)32-33(28,29)14-6-4-5-12(20)9-14/h4-10H,1-3H3,(H,21,25)(H2,22,23,24,26,27). The average Bonchev–Trinajstić information content (AvgIpc) is 2.74. The number of hydrogen-bond acceptors (Lipinski definition) is 8. The van der Waals surface area contributed by atoms with Crippen molar-refractivity contribution in [3.05, 3.63) is 47.5 Å². The third kappa shape index (κ3) is 7.66. The maximum atomic E-state index is 12.8. The molecule has 3 amide bonds. The molecule has 0 saturated carbocycles. The van der Waals surface area contributed by atoms with Gasteiger partial charge in [-0.3, -0.25) is 10.1 Å². The van der Waals surface area contributed by atoms with Gasteiger partial charge in [-0.2, -0.15) is 8.42 Å². The Bertz CT molecular complexity index is 1200. The van der Waals surface area contributed by atoms with Crippen LogP contribution < -0.4 is 20.1 Å². The van der Waals surface area contributed by atoms with Gasteiger partial charge < -0.3 is 24.3 Å². The molecule has 3 N–H and O–H groups in total. The summed E-state index contributed by atoms with van der Waals surface area (Å²) in [5, 5.41) is 7.35. The zero-order chi connectivity index (χ0) is 24.6. The molecule has 0 heterocycles. The summed E-state index contributed by atoms with van der Waals surface area (Å²) in [5.74, 6) is -1.17. The average molecular weight is 499 g/mol. The second-order valence-corrected chi connectivity index (χ2v) is 8.04. The molecule has 2 rings (SSSR count). The van der Waals surface area contributed by atoms with Crippen molar-refractivity contribution in [3.8, 4) is 5.75 Å². The van der Waals surface area contributed by atoms with Gasteiger partial charge in [-0.1, -0.05) is 17.7 Å². The molecule has 176 valence electrons. The van der Waals surface area contributed by atoms with Crippen LogP contribution in [-0.2, 0) is 24.4 Å². The van der Waals surface area contributed by atoms with Gasteiger partial charge in [-0.05, 0) is 30.3 Å². The Morgan fingerprint density at radius 2 is 1.73 bits per heavy atom. The maximum Gasteiger partial charge on any atom is 0.436 e. The van der Waals surface area contributed by atoms with Crippen LogP contribution >= 0.6 is 11.6 Å². The number of hydrogen-bond donors (Lipinski definition) is 3. The number of methoxy groups -OCH3 is 2. The molecule has 0 aromatic heterocycles. The molecule has 2 aromatic carbocycles. The van der Waals surface area contributed by atoms with E-state index < -0.39 is 34.2 Å². The van der Waals surface area contributed by atoms with E-state index in [0.717, 1.165) is 14.2 Å². The fourth-order valence-electron chi connectivity index (χ4n) is 2.26. The molecular formula is C19H19ClN4O8S. The van der Waals surface area contributed by atoms with Crippen molar-refractivity contribution in [1.29, 1.82) is 0 Å². The van der Waals surface area contributed by atoms with Gasteiger partial charge in [0.2, 0.25) is 11.9 Å². The number of nitrogens with one attached hydrogen (secondary N) is 3. The predicted molar refractivity (Wildman–Crippen MR) is 119 cm³/mol. The molecule has 14 heteroatoms. The van der Waals surface area contributed by atoms with Crippen LogP contribution in [0.5, 0.6) is 5.75 Å². The number of carbonyl (C=O) groups is 3. The van der Waals surface area contributed by atoms with Crippen LogP contribution in [-0.4, -0.2) is 46.7 Å². The lowest BCUT2D eigenvalue weighted by molar-refractivity contribution is -0.114. The lowest BCUT2D eigenvalue weighted by Crippen LogP contribution is -2.36. The molecule has 0 aliphatic carbocycles. The lowest BCUT2D eigenvalue weighted by atomic mass is 10.2. The second kappa shape index (κ2) is 11.2. The number of rotatable bonds is 5. The monoisotopic (exact) mass is 498 g/mol. The van der Waals surface area contributed by atoms with Gasteiger partial charge in [0.05, 0.1) is 19.9 Å². The third-order valence-corrected chi connectivity index (χ3v) is 5.09. The van der Waals surface area contributed by atoms with E-state index in [9.17, 15) is 22.8 Å². The van der Waals surface area contributed by atoms with E-state index >= 15 is 0 Å². The Morgan fingerprint density at radius 3 is 2.33 bits per heavy atom. The van der Waals surface area contributed by atoms with Crippen LogP contribution in [0.1, 0.15) is 6.92 Å². The summed E-state index contributed by atoms with van der Waals surface area (Å²) in [4.78, 5) is 37.8. The second-order valence-electron chi connectivity index (χ2n) is 6.06. The van der Waals surface area contributed by atoms with Crippen molar-refractivity contribution in [2.45, 2.75) is 11.8 Å². The number of benzene rings is 2. The van der Waals surface area contributed by atoms with E-state index in [2.05, 4.69) is 30.4 Å². The minimum absolute atomic E-state index is 0.0474. The Hall–Kier alpha value is -3.84. The first-order valence-corrected chi connectivity index (χ1v) is 10.7. The van der Waals surface area contributed by atoms with Gasteiger partial charge in [0, 0.05) is 23.7 Å². The number of guanidine groups is 1. The molecule has 0 radical (unpaired) electrons. The van der Waals surface area contributed by atoms with Crippen LogP contribution in [0.2, 0.25) is 5.02 Å². The summed E-state index contributed by atoms with van der Waals surface area (Å²) in [6.45, 7) is 1.26. The predicted octanol–water partition coefficient (Wildman–Crippen LogP) is 2.96. The first kappa shape index (κ1) is 25.4. The van der Waals surface area contributed by atoms with Crippen molar-refractivity contribution in [1.82, 2.24) is 5.32 Å². The number of aliphatic imine (C=N–C) groups is 1. The van der Waals surface area contributed by atoms with Gasteiger partial charge in [0.25, 0.3) is 0 Å². The first-order valence-electron chi connectivity index (χ1n) is 8.94. The summed E-state index contributed by atoms with van der Waals surface area (Å²) in [5.41, 5.74) is 0.158. The number of ether oxygens (including phenoxy) is 2. The van der Waals surface area contributed by atoms with Gasteiger partial charge in [0.1, 0.15) is 4.90 Å². The topological polar surface area (TPSA) is 161 Å². The van der Waals surface area contributed by atoms with E-state index in [1.165, 1.54) is 49.4 Å². The number of anilines is 2. The van der Waals surface area contributed by atoms with Gasteiger partial charge >= 0.3 is 22.3 Å². The summed E-state index contributed by atoms with van der Waals surface area (Å²) in [7, 11) is -2.23. The largest absolute Gasteiger partial charge is 0.453 e. The zero-order valence-electron chi connectivity index (χ0n) is 17.5. The summed E-state index contributed by atoms with van der Waals surface area (Å²) in [6.07, 6.45) is -2.05. The molecule has 0 saturated heterocycles. The van der Waals surface area contributed by atoms with Crippen LogP contribution in [0.15, 0.2) is 52.4 Å². The molecule has 0 spiro atoms. The molecular weight excluding hydrogens is 480 g/mol. The highest BCUT2D eigenvalue weighted by molar-refractivity contribution is 7.87. The van der Waals surface area contributed by atoms with Crippen molar-refractivity contribution >= 4 is 57.1 Å². The van der Waals surface area contributed by atoms with Crippen LogP contribution in [0.4, 0.5) is 21.0 Å². The quantitative estimate of drug-likeness (QED) is 0.319. The third-order valence-electron chi connectivity index (χ3n) is 3.62. The summed E-state index contributed by atoms with van der Waals surface area (Å²) in [6, 6.07) is 9.31. The van der Waals surface area contributed by atoms with Gasteiger partial charge in [-0.25, -0.2) is 9.59 Å². The molecule has 0 aliphatic heterocycles. The number of amides is 3. The van der Waals surface area contributed by atoms with Gasteiger partial charge in [-0.15, -0.1) is 4.99 Å². The van der Waals surface area contributed by atoms with E-state index in [1.807, 2.05) is 0 Å².